The Hall–Kier alpha value is -2.27. The van der Waals surface area contributed by atoms with Crippen LogP contribution in [0, 0.1) is 0 Å². The van der Waals surface area contributed by atoms with E-state index in [0.717, 1.165) is 12.0 Å². The van der Waals surface area contributed by atoms with Gasteiger partial charge in [0.25, 0.3) is 0 Å². The van der Waals surface area contributed by atoms with E-state index in [0.29, 0.717) is 24.3 Å². The highest BCUT2D eigenvalue weighted by molar-refractivity contribution is 7.92. The highest BCUT2D eigenvalue weighted by Crippen LogP contribution is 2.27. The number of sulfonamides is 2. The normalized spacial score (nSPS) is 16.5. The summed E-state index contributed by atoms with van der Waals surface area (Å²) in [6, 6.07) is 13.4. The van der Waals surface area contributed by atoms with E-state index in [4.69, 9.17) is 0 Å². The molecule has 2 aromatic heterocycles. The fraction of sp³-hybridized carbons (Fsp3) is 0.286. The minimum atomic E-state index is -3.82. The second kappa shape index (κ2) is 9.07. The lowest BCUT2D eigenvalue weighted by atomic mass is 10.3. The van der Waals surface area contributed by atoms with E-state index in [-0.39, 0.29) is 23.7 Å². The molecule has 7 nitrogen and oxygen atoms in total. The van der Waals surface area contributed by atoms with Gasteiger partial charge in [0.1, 0.15) is 0 Å². The number of hydrogen-bond acceptors (Lipinski definition) is 6. The van der Waals surface area contributed by atoms with Crippen LogP contribution in [-0.4, -0.2) is 38.4 Å². The molecular weight excluding hydrogens is 454 g/mol. The highest BCUT2D eigenvalue weighted by atomic mass is 32.2. The van der Waals surface area contributed by atoms with Crippen molar-refractivity contribution in [1.82, 2.24) is 9.29 Å². The summed E-state index contributed by atoms with van der Waals surface area (Å²) in [5.41, 5.74) is 2.05. The van der Waals surface area contributed by atoms with Crippen LogP contribution in [0.3, 0.4) is 0 Å². The van der Waals surface area contributed by atoms with Gasteiger partial charge in [0.05, 0.1) is 28.6 Å². The molecule has 0 aliphatic carbocycles. The minimum Gasteiger partial charge on any atom is -0.270 e. The van der Waals surface area contributed by atoms with Crippen LogP contribution in [0.15, 0.2) is 70.4 Å². The molecule has 3 heterocycles. The molecule has 0 atom stereocenters. The van der Waals surface area contributed by atoms with Crippen molar-refractivity contribution < 1.29 is 16.8 Å². The fourth-order valence-corrected chi connectivity index (χ4v) is 7.20. The summed E-state index contributed by atoms with van der Waals surface area (Å²) in [6.07, 6.45) is 3.08. The van der Waals surface area contributed by atoms with Gasteiger partial charge in [-0.25, -0.2) is 16.8 Å². The zero-order chi connectivity index (χ0) is 21.9. The fourth-order valence-electron chi connectivity index (χ4n) is 3.50. The average molecular weight is 478 g/mol. The van der Waals surface area contributed by atoms with Crippen molar-refractivity contribution in [2.45, 2.75) is 30.8 Å². The number of thiophene rings is 1. The molecule has 10 heteroatoms. The van der Waals surface area contributed by atoms with Crippen molar-refractivity contribution in [3.05, 3.63) is 76.7 Å². The van der Waals surface area contributed by atoms with Crippen molar-refractivity contribution in [2.24, 2.45) is 0 Å². The summed E-state index contributed by atoms with van der Waals surface area (Å²) in [5.74, 6) is 0.117. The standard InChI is InChI=1S/C21H23N3O4S3/c25-30(26)14-4-3-12-24(30)20-6-8-21(9-7-20)31(27,28)23(15-18-10-13-29-17-18)16-19-5-1-2-11-22-19/h1-2,5-11,13,17H,3-4,12,14-16H2. The van der Waals surface area contributed by atoms with Gasteiger partial charge in [-0.3, -0.25) is 9.29 Å². The second-order valence-electron chi connectivity index (χ2n) is 7.31. The molecule has 1 fully saturated rings. The van der Waals surface area contributed by atoms with Gasteiger partial charge in [-0.15, -0.1) is 0 Å². The van der Waals surface area contributed by atoms with Crippen molar-refractivity contribution in [1.29, 1.82) is 0 Å². The van der Waals surface area contributed by atoms with Gasteiger partial charge >= 0.3 is 0 Å². The topological polar surface area (TPSA) is 87.7 Å². The summed E-state index contributed by atoms with van der Waals surface area (Å²) >= 11 is 1.51. The number of rotatable bonds is 7. The quantitative estimate of drug-likeness (QED) is 0.520. The molecule has 31 heavy (non-hydrogen) atoms. The number of nitrogens with zero attached hydrogens (tertiary/aromatic N) is 3. The first-order chi connectivity index (χ1) is 14.9. The van der Waals surface area contributed by atoms with E-state index in [1.165, 1.54) is 32.1 Å². The van der Waals surface area contributed by atoms with Crippen LogP contribution in [-0.2, 0) is 33.1 Å². The van der Waals surface area contributed by atoms with Crippen molar-refractivity contribution in [3.8, 4) is 0 Å². The molecule has 0 spiro atoms. The van der Waals surface area contributed by atoms with Crippen LogP contribution in [0.25, 0.3) is 0 Å². The third kappa shape index (κ3) is 4.98. The first-order valence-corrected chi connectivity index (χ1v) is 13.9. The first kappa shape index (κ1) is 21.9. The van der Waals surface area contributed by atoms with Crippen molar-refractivity contribution >= 4 is 37.1 Å². The van der Waals surface area contributed by atoms with Crippen LogP contribution in [0.2, 0.25) is 0 Å². The summed E-state index contributed by atoms with van der Waals surface area (Å²) in [5, 5.41) is 3.83. The Balaban J connectivity index is 1.63. The Morgan fingerprint density at radius 2 is 1.84 bits per heavy atom. The molecule has 0 unspecified atom stereocenters. The summed E-state index contributed by atoms with van der Waals surface area (Å²) in [4.78, 5) is 4.39. The summed E-state index contributed by atoms with van der Waals surface area (Å²) in [6.45, 7) is 0.782. The van der Waals surface area contributed by atoms with Gasteiger partial charge in [-0.2, -0.15) is 15.6 Å². The van der Waals surface area contributed by atoms with Crippen molar-refractivity contribution in [3.63, 3.8) is 0 Å². The third-order valence-electron chi connectivity index (χ3n) is 5.12. The Morgan fingerprint density at radius 1 is 1.03 bits per heavy atom. The number of pyridine rings is 1. The van der Waals surface area contributed by atoms with E-state index in [2.05, 4.69) is 4.98 Å². The molecule has 3 aromatic rings. The molecule has 4 rings (SSSR count). The lowest BCUT2D eigenvalue weighted by Gasteiger charge is -2.28. The predicted octanol–water partition coefficient (Wildman–Crippen LogP) is 3.46. The van der Waals surface area contributed by atoms with Gasteiger partial charge in [0, 0.05) is 19.3 Å². The van der Waals surface area contributed by atoms with Gasteiger partial charge in [-0.05, 0) is 71.6 Å². The average Bonchev–Trinajstić information content (AvgIpc) is 3.27. The molecule has 0 radical (unpaired) electrons. The maximum atomic E-state index is 13.4. The Kier molecular flexibility index (Phi) is 6.42. The molecule has 0 amide bonds. The third-order valence-corrected chi connectivity index (χ3v) is 9.52. The zero-order valence-electron chi connectivity index (χ0n) is 16.8. The van der Waals surface area contributed by atoms with E-state index in [1.807, 2.05) is 22.9 Å². The van der Waals surface area contributed by atoms with E-state index < -0.39 is 20.0 Å². The van der Waals surface area contributed by atoms with Gasteiger partial charge in [0.2, 0.25) is 20.0 Å². The number of benzene rings is 1. The largest absolute Gasteiger partial charge is 0.270 e. The molecule has 1 aromatic carbocycles. The maximum absolute atomic E-state index is 13.4. The zero-order valence-corrected chi connectivity index (χ0v) is 19.2. The maximum Gasteiger partial charge on any atom is 0.243 e. The number of hydrogen-bond donors (Lipinski definition) is 0. The smallest absolute Gasteiger partial charge is 0.243 e. The molecule has 1 aliphatic rings. The predicted molar refractivity (Wildman–Crippen MR) is 122 cm³/mol. The first-order valence-electron chi connectivity index (χ1n) is 9.88. The van der Waals surface area contributed by atoms with Crippen LogP contribution in [0.1, 0.15) is 24.1 Å². The number of aromatic nitrogens is 1. The van der Waals surface area contributed by atoms with Gasteiger partial charge < -0.3 is 0 Å². The van der Waals surface area contributed by atoms with Crippen LogP contribution in [0.5, 0.6) is 0 Å². The Labute approximate surface area is 187 Å². The molecule has 0 N–H and O–H groups in total. The summed E-state index contributed by atoms with van der Waals surface area (Å²) < 4.78 is 54.3. The SMILES string of the molecule is O=S1(=O)CCCCN1c1ccc(S(=O)(=O)N(Cc2ccsc2)Cc2ccccn2)cc1. The highest BCUT2D eigenvalue weighted by Gasteiger charge is 2.28. The Bertz CT molecular complexity index is 1210. The van der Waals surface area contributed by atoms with E-state index in [9.17, 15) is 16.8 Å². The molecule has 1 saturated heterocycles. The second-order valence-corrected chi connectivity index (χ2v) is 12.0. The molecule has 1 aliphatic heterocycles. The van der Waals surface area contributed by atoms with Crippen LogP contribution >= 0.6 is 11.3 Å². The minimum absolute atomic E-state index is 0.117. The lowest BCUT2D eigenvalue weighted by molar-refractivity contribution is 0.397. The lowest BCUT2D eigenvalue weighted by Crippen LogP contribution is -2.37. The van der Waals surface area contributed by atoms with Crippen LogP contribution in [0.4, 0.5) is 5.69 Å². The van der Waals surface area contributed by atoms with E-state index in [1.54, 1.807) is 30.5 Å². The van der Waals surface area contributed by atoms with Gasteiger partial charge in [-0.1, -0.05) is 6.07 Å². The monoisotopic (exact) mass is 477 g/mol. The molecule has 164 valence electrons. The van der Waals surface area contributed by atoms with Crippen LogP contribution < -0.4 is 4.31 Å². The molecule has 0 bridgehead atoms. The number of anilines is 1. The summed E-state index contributed by atoms with van der Waals surface area (Å²) in [7, 11) is -7.17. The molecular formula is C21H23N3O4S3. The van der Waals surface area contributed by atoms with Crippen molar-refractivity contribution in [2.75, 3.05) is 16.6 Å². The molecule has 0 saturated carbocycles. The van der Waals surface area contributed by atoms with E-state index >= 15 is 0 Å². The Morgan fingerprint density at radius 3 is 2.48 bits per heavy atom. The van der Waals surface area contributed by atoms with Gasteiger partial charge in [0.15, 0.2) is 0 Å².